The van der Waals surface area contributed by atoms with Crippen LogP contribution in [0.2, 0.25) is 0 Å². The molecule has 0 heterocycles. The first-order valence-electron chi connectivity index (χ1n) is 5.74. The highest BCUT2D eigenvalue weighted by molar-refractivity contribution is 5.91. The molecular formula is C13H15N3O. The van der Waals surface area contributed by atoms with E-state index in [0.29, 0.717) is 23.6 Å². The fraction of sp³-hybridized carbons (Fsp3) is 0.385. The summed E-state index contributed by atoms with van der Waals surface area (Å²) in [5.74, 6) is 0.436. The molecule has 0 bridgehead atoms. The van der Waals surface area contributed by atoms with E-state index in [1.807, 2.05) is 6.07 Å². The summed E-state index contributed by atoms with van der Waals surface area (Å²) >= 11 is 0. The van der Waals surface area contributed by atoms with Gasteiger partial charge in [0, 0.05) is 18.2 Å². The molecule has 1 fully saturated rings. The lowest BCUT2D eigenvalue weighted by Crippen LogP contribution is -2.28. The maximum absolute atomic E-state index is 11.7. The molecule has 4 nitrogen and oxygen atoms in total. The average molecular weight is 229 g/mol. The van der Waals surface area contributed by atoms with E-state index in [0.717, 1.165) is 12.8 Å². The lowest BCUT2D eigenvalue weighted by atomic mass is 10.1. The zero-order valence-corrected chi connectivity index (χ0v) is 9.52. The number of nitrogens with two attached hydrogens (primary N) is 1. The predicted octanol–water partition coefficient (Wildman–Crippen LogP) is 1.62. The predicted molar refractivity (Wildman–Crippen MR) is 65.1 cm³/mol. The number of nitriles is 1. The summed E-state index contributed by atoms with van der Waals surface area (Å²) in [5.41, 5.74) is 7.06. The van der Waals surface area contributed by atoms with Crippen molar-refractivity contribution < 1.29 is 4.79 Å². The number of nitrogens with zero attached hydrogens (tertiary/aromatic N) is 1. The Morgan fingerprint density at radius 1 is 1.59 bits per heavy atom. The average Bonchev–Trinajstić information content (AvgIpc) is 3.12. The van der Waals surface area contributed by atoms with E-state index < -0.39 is 0 Å². The largest absolute Gasteiger partial charge is 0.327 e. The van der Waals surface area contributed by atoms with Crippen molar-refractivity contribution in [2.24, 2.45) is 11.7 Å². The Labute approximate surface area is 100 Å². The molecule has 1 saturated carbocycles. The highest BCUT2D eigenvalue weighted by atomic mass is 16.1. The second-order valence-electron chi connectivity index (χ2n) is 4.45. The van der Waals surface area contributed by atoms with Crippen molar-refractivity contribution in [1.82, 2.24) is 0 Å². The third kappa shape index (κ3) is 3.30. The first kappa shape index (κ1) is 11.6. The molecule has 17 heavy (non-hydrogen) atoms. The molecule has 0 saturated heterocycles. The number of carbonyl (C=O) groups is 1. The highest BCUT2D eigenvalue weighted by Crippen LogP contribution is 2.32. The first-order valence-corrected chi connectivity index (χ1v) is 5.74. The summed E-state index contributed by atoms with van der Waals surface area (Å²) < 4.78 is 0. The monoisotopic (exact) mass is 229 g/mol. The van der Waals surface area contributed by atoms with Crippen molar-refractivity contribution in [3.8, 4) is 6.07 Å². The van der Waals surface area contributed by atoms with Gasteiger partial charge >= 0.3 is 0 Å². The fourth-order valence-electron chi connectivity index (χ4n) is 1.78. The third-order valence-electron chi connectivity index (χ3n) is 2.92. The molecule has 0 radical (unpaired) electrons. The van der Waals surface area contributed by atoms with Crippen LogP contribution in [-0.2, 0) is 4.79 Å². The van der Waals surface area contributed by atoms with Crippen LogP contribution in [0.4, 0.5) is 5.69 Å². The van der Waals surface area contributed by atoms with Gasteiger partial charge in [-0.3, -0.25) is 4.79 Å². The maximum Gasteiger partial charge on any atom is 0.225 e. The minimum Gasteiger partial charge on any atom is -0.327 e. The lowest BCUT2D eigenvalue weighted by molar-refractivity contribution is -0.116. The van der Waals surface area contributed by atoms with E-state index >= 15 is 0 Å². The third-order valence-corrected chi connectivity index (χ3v) is 2.92. The molecule has 1 atom stereocenters. The summed E-state index contributed by atoms with van der Waals surface area (Å²) in [7, 11) is 0. The Bertz CT molecular complexity index is 460. The quantitative estimate of drug-likeness (QED) is 0.823. The molecule has 1 unspecified atom stereocenters. The second-order valence-corrected chi connectivity index (χ2v) is 4.45. The Balaban J connectivity index is 1.90. The molecule has 88 valence electrons. The van der Waals surface area contributed by atoms with E-state index in [1.165, 1.54) is 0 Å². The van der Waals surface area contributed by atoms with Crippen LogP contribution in [0.3, 0.4) is 0 Å². The second kappa shape index (κ2) is 4.98. The molecular weight excluding hydrogens is 214 g/mol. The standard InChI is InChI=1S/C13H15N3O/c14-8-9-2-1-3-11(6-9)16-13(17)7-12(15)10-4-5-10/h1-3,6,10,12H,4-5,7,15H2,(H,16,17). The fourth-order valence-corrected chi connectivity index (χ4v) is 1.78. The van der Waals surface area contributed by atoms with Gasteiger partial charge in [-0.05, 0) is 37.0 Å². The van der Waals surface area contributed by atoms with Crippen LogP contribution < -0.4 is 11.1 Å². The molecule has 1 aromatic rings. The topological polar surface area (TPSA) is 78.9 Å². The zero-order valence-electron chi connectivity index (χ0n) is 9.52. The first-order chi connectivity index (χ1) is 8.19. The molecule has 1 aromatic carbocycles. The number of hydrogen-bond donors (Lipinski definition) is 2. The molecule has 2 rings (SSSR count). The van der Waals surface area contributed by atoms with Gasteiger partial charge < -0.3 is 11.1 Å². The van der Waals surface area contributed by atoms with Crippen molar-refractivity contribution in [2.45, 2.75) is 25.3 Å². The Morgan fingerprint density at radius 3 is 3.00 bits per heavy atom. The number of carbonyl (C=O) groups excluding carboxylic acids is 1. The maximum atomic E-state index is 11.7. The normalized spacial score (nSPS) is 16.0. The number of anilines is 1. The Hall–Kier alpha value is -1.86. The SMILES string of the molecule is N#Cc1cccc(NC(=O)CC(N)C2CC2)c1. The summed E-state index contributed by atoms with van der Waals surface area (Å²) in [5, 5.41) is 11.5. The van der Waals surface area contributed by atoms with Gasteiger partial charge in [0.05, 0.1) is 11.6 Å². The van der Waals surface area contributed by atoms with Gasteiger partial charge in [-0.15, -0.1) is 0 Å². The van der Waals surface area contributed by atoms with E-state index in [2.05, 4.69) is 5.32 Å². The van der Waals surface area contributed by atoms with Crippen molar-refractivity contribution in [3.63, 3.8) is 0 Å². The minimum atomic E-state index is -0.0838. The van der Waals surface area contributed by atoms with E-state index in [1.54, 1.807) is 24.3 Å². The molecule has 4 heteroatoms. The Morgan fingerprint density at radius 2 is 2.35 bits per heavy atom. The van der Waals surface area contributed by atoms with E-state index in [9.17, 15) is 4.79 Å². The van der Waals surface area contributed by atoms with Crippen LogP contribution in [-0.4, -0.2) is 11.9 Å². The summed E-state index contributed by atoms with van der Waals surface area (Å²) in [4.78, 5) is 11.7. The van der Waals surface area contributed by atoms with Crippen molar-refractivity contribution in [2.75, 3.05) is 5.32 Å². The smallest absolute Gasteiger partial charge is 0.225 e. The van der Waals surface area contributed by atoms with Crippen LogP contribution in [0.5, 0.6) is 0 Å². The van der Waals surface area contributed by atoms with Gasteiger partial charge in [0.1, 0.15) is 0 Å². The molecule has 1 aliphatic carbocycles. The zero-order chi connectivity index (χ0) is 12.3. The van der Waals surface area contributed by atoms with Crippen LogP contribution >= 0.6 is 0 Å². The molecule has 1 aliphatic rings. The number of hydrogen-bond acceptors (Lipinski definition) is 3. The van der Waals surface area contributed by atoms with Crippen LogP contribution in [0.1, 0.15) is 24.8 Å². The summed E-state index contributed by atoms with van der Waals surface area (Å²) in [6, 6.07) is 8.86. The number of nitrogens with one attached hydrogen (secondary N) is 1. The van der Waals surface area contributed by atoms with E-state index in [4.69, 9.17) is 11.0 Å². The summed E-state index contributed by atoms with van der Waals surface area (Å²) in [6.45, 7) is 0. The lowest BCUT2D eigenvalue weighted by Gasteiger charge is -2.10. The highest BCUT2D eigenvalue weighted by Gasteiger charge is 2.29. The van der Waals surface area contributed by atoms with Crippen LogP contribution in [0, 0.1) is 17.2 Å². The molecule has 0 aromatic heterocycles. The van der Waals surface area contributed by atoms with Gasteiger partial charge in [0.2, 0.25) is 5.91 Å². The van der Waals surface area contributed by atoms with Gasteiger partial charge in [-0.1, -0.05) is 6.07 Å². The summed E-state index contributed by atoms with van der Waals surface area (Å²) in [6.07, 6.45) is 2.62. The molecule has 1 amide bonds. The molecule has 0 spiro atoms. The van der Waals surface area contributed by atoms with Crippen LogP contribution in [0.15, 0.2) is 24.3 Å². The Kier molecular flexibility index (Phi) is 3.40. The molecule has 0 aliphatic heterocycles. The number of amides is 1. The number of rotatable bonds is 4. The van der Waals surface area contributed by atoms with E-state index in [-0.39, 0.29) is 11.9 Å². The van der Waals surface area contributed by atoms with Crippen molar-refractivity contribution in [1.29, 1.82) is 5.26 Å². The van der Waals surface area contributed by atoms with Crippen molar-refractivity contribution >= 4 is 11.6 Å². The van der Waals surface area contributed by atoms with Gasteiger partial charge in [-0.25, -0.2) is 0 Å². The number of benzene rings is 1. The molecule has 3 N–H and O–H groups in total. The van der Waals surface area contributed by atoms with Gasteiger partial charge in [0.25, 0.3) is 0 Å². The van der Waals surface area contributed by atoms with Crippen LogP contribution in [0.25, 0.3) is 0 Å². The van der Waals surface area contributed by atoms with Gasteiger partial charge in [0.15, 0.2) is 0 Å². The van der Waals surface area contributed by atoms with Crippen molar-refractivity contribution in [3.05, 3.63) is 29.8 Å². The minimum absolute atomic E-state index is 0.0332. The van der Waals surface area contributed by atoms with Gasteiger partial charge in [-0.2, -0.15) is 5.26 Å².